The third kappa shape index (κ3) is 4.80. The number of likely N-dealkylation sites (tertiary alicyclic amines) is 1. The fraction of sp³-hybridized carbons (Fsp3) is 0.407. The predicted molar refractivity (Wildman–Crippen MR) is 130 cm³/mol. The van der Waals surface area contributed by atoms with Crippen LogP contribution in [0.15, 0.2) is 48.0 Å². The molecule has 0 aromatic heterocycles. The quantitative estimate of drug-likeness (QED) is 0.267. The summed E-state index contributed by atoms with van der Waals surface area (Å²) >= 11 is 0. The maximum absolute atomic E-state index is 13.3. The molecule has 1 atom stereocenters. The van der Waals surface area contributed by atoms with Crippen LogP contribution in [0.2, 0.25) is 0 Å². The fourth-order valence-electron chi connectivity index (χ4n) is 4.22. The summed E-state index contributed by atoms with van der Waals surface area (Å²) in [5.41, 5.74) is 2.05. The summed E-state index contributed by atoms with van der Waals surface area (Å²) in [5.74, 6) is -1.05. The van der Waals surface area contributed by atoms with Gasteiger partial charge in [0.1, 0.15) is 22.8 Å². The summed E-state index contributed by atoms with van der Waals surface area (Å²) in [6.45, 7) is 7.11. The van der Waals surface area contributed by atoms with E-state index in [1.807, 2.05) is 24.3 Å². The average molecular weight is 468 g/mol. The number of hydrogen-bond donors (Lipinski definition) is 1. The molecule has 1 aliphatic rings. The molecule has 1 amide bonds. The molecule has 1 fully saturated rings. The molecule has 1 unspecified atom stereocenters. The first-order valence-electron chi connectivity index (χ1n) is 11.2. The fourth-order valence-corrected chi connectivity index (χ4v) is 4.22. The van der Waals surface area contributed by atoms with Crippen molar-refractivity contribution in [2.24, 2.45) is 0 Å². The third-order valence-corrected chi connectivity index (χ3v) is 6.04. The van der Waals surface area contributed by atoms with Crippen LogP contribution in [0.5, 0.6) is 11.5 Å². The van der Waals surface area contributed by atoms with Crippen LogP contribution in [-0.4, -0.2) is 56.2 Å². The van der Waals surface area contributed by atoms with E-state index >= 15 is 0 Å². The van der Waals surface area contributed by atoms with Gasteiger partial charge in [0.05, 0.1) is 25.8 Å². The average Bonchev–Trinajstić information content (AvgIpc) is 3.07. The second kappa shape index (κ2) is 10.3. The normalized spacial score (nSPS) is 17.8. The Morgan fingerprint density at radius 1 is 0.971 bits per heavy atom. The van der Waals surface area contributed by atoms with Crippen LogP contribution in [-0.2, 0) is 19.7 Å². The van der Waals surface area contributed by atoms with E-state index in [0.29, 0.717) is 31.1 Å². The van der Waals surface area contributed by atoms with E-state index in [0.717, 1.165) is 11.1 Å². The van der Waals surface area contributed by atoms with Crippen molar-refractivity contribution in [3.63, 3.8) is 0 Å². The van der Waals surface area contributed by atoms with Gasteiger partial charge in [-0.2, -0.15) is 0 Å². The monoisotopic (exact) mass is 467 g/mol. The van der Waals surface area contributed by atoms with Crippen LogP contribution in [0.25, 0.3) is 5.76 Å². The summed E-state index contributed by atoms with van der Waals surface area (Å²) < 4.78 is 16.0. The zero-order valence-corrected chi connectivity index (χ0v) is 20.7. The molecule has 7 heteroatoms. The predicted octanol–water partition coefficient (Wildman–Crippen LogP) is 4.46. The standard InChI is InChI=1S/C27H33NO6/c1-27(2,3)18-13-11-17(12-14-18)23-22(25(30)26(31)28(23)15-8-16-32-4)24(29)21-19(33-5)9-7-10-20(21)34-6/h7,9-14,23,29H,8,15-16H2,1-6H3/b24-22+. The maximum atomic E-state index is 13.3. The molecule has 34 heavy (non-hydrogen) atoms. The van der Waals surface area contributed by atoms with Crippen molar-refractivity contribution >= 4 is 17.4 Å². The Bertz CT molecular complexity index is 1060. The minimum Gasteiger partial charge on any atom is -0.506 e. The van der Waals surface area contributed by atoms with E-state index in [2.05, 4.69) is 20.8 Å². The second-order valence-corrected chi connectivity index (χ2v) is 9.25. The van der Waals surface area contributed by atoms with Crippen molar-refractivity contribution in [1.82, 2.24) is 4.90 Å². The lowest BCUT2D eigenvalue weighted by Crippen LogP contribution is -2.31. The molecule has 182 valence electrons. The zero-order chi connectivity index (χ0) is 25.0. The molecule has 0 aliphatic carbocycles. The van der Waals surface area contributed by atoms with Crippen molar-refractivity contribution in [2.75, 3.05) is 34.5 Å². The molecular formula is C27H33NO6. The molecule has 0 spiro atoms. The molecule has 1 heterocycles. The van der Waals surface area contributed by atoms with Gasteiger partial charge >= 0.3 is 0 Å². The summed E-state index contributed by atoms with van der Waals surface area (Å²) in [7, 11) is 4.53. The molecule has 0 saturated carbocycles. The number of methoxy groups -OCH3 is 3. The Labute approximate surface area is 200 Å². The number of Topliss-reactive ketones (excluding diaryl/α,β-unsaturated/α-hetero) is 1. The highest BCUT2D eigenvalue weighted by Crippen LogP contribution is 2.43. The highest BCUT2D eigenvalue weighted by molar-refractivity contribution is 6.46. The van der Waals surface area contributed by atoms with E-state index in [9.17, 15) is 14.7 Å². The lowest BCUT2D eigenvalue weighted by Gasteiger charge is -2.26. The van der Waals surface area contributed by atoms with Gasteiger partial charge in [0, 0.05) is 20.3 Å². The van der Waals surface area contributed by atoms with E-state index in [4.69, 9.17) is 14.2 Å². The third-order valence-electron chi connectivity index (χ3n) is 6.04. The van der Waals surface area contributed by atoms with Crippen molar-refractivity contribution in [1.29, 1.82) is 0 Å². The Kier molecular flexibility index (Phi) is 7.67. The molecular weight excluding hydrogens is 434 g/mol. The number of rotatable bonds is 8. The number of amides is 1. The van der Waals surface area contributed by atoms with E-state index in [1.54, 1.807) is 25.3 Å². The highest BCUT2D eigenvalue weighted by atomic mass is 16.5. The number of aliphatic hydroxyl groups is 1. The number of nitrogens with zero attached hydrogens (tertiary/aromatic N) is 1. The van der Waals surface area contributed by atoms with Crippen LogP contribution in [0.1, 0.15) is 49.9 Å². The van der Waals surface area contributed by atoms with Crippen LogP contribution in [0.3, 0.4) is 0 Å². The van der Waals surface area contributed by atoms with Gasteiger partial charge in [0.25, 0.3) is 11.7 Å². The van der Waals surface area contributed by atoms with Crippen molar-refractivity contribution in [3.05, 3.63) is 64.7 Å². The Hall–Kier alpha value is -3.32. The van der Waals surface area contributed by atoms with Crippen LogP contribution < -0.4 is 9.47 Å². The lowest BCUT2D eigenvalue weighted by atomic mass is 9.85. The van der Waals surface area contributed by atoms with Gasteiger partial charge < -0.3 is 24.2 Å². The Morgan fingerprint density at radius 2 is 1.56 bits per heavy atom. The number of carbonyl (C=O) groups is 2. The number of carbonyl (C=O) groups excluding carboxylic acids is 2. The van der Waals surface area contributed by atoms with Gasteiger partial charge in [-0.3, -0.25) is 9.59 Å². The molecule has 0 radical (unpaired) electrons. The molecule has 1 N–H and O–H groups in total. The second-order valence-electron chi connectivity index (χ2n) is 9.25. The zero-order valence-electron chi connectivity index (χ0n) is 20.7. The van der Waals surface area contributed by atoms with E-state index in [-0.39, 0.29) is 22.3 Å². The van der Waals surface area contributed by atoms with Gasteiger partial charge in [-0.1, -0.05) is 51.1 Å². The number of ketones is 1. The van der Waals surface area contributed by atoms with Gasteiger partial charge in [-0.05, 0) is 35.1 Å². The molecule has 3 rings (SSSR count). The van der Waals surface area contributed by atoms with Crippen LogP contribution in [0.4, 0.5) is 0 Å². The number of benzene rings is 2. The number of aliphatic hydroxyl groups excluding tert-OH is 1. The molecule has 2 aromatic rings. The molecule has 1 aliphatic heterocycles. The van der Waals surface area contributed by atoms with Crippen molar-refractivity contribution in [3.8, 4) is 11.5 Å². The summed E-state index contributed by atoms with van der Waals surface area (Å²) in [6, 6.07) is 12.1. The van der Waals surface area contributed by atoms with Crippen LogP contribution in [0, 0.1) is 0 Å². The Morgan fingerprint density at radius 3 is 2.06 bits per heavy atom. The minimum atomic E-state index is -0.750. The SMILES string of the molecule is COCCCN1C(=O)C(=O)/C(=C(/O)c2c(OC)cccc2OC)C1c1ccc(C(C)(C)C)cc1. The van der Waals surface area contributed by atoms with E-state index in [1.165, 1.54) is 19.1 Å². The smallest absolute Gasteiger partial charge is 0.295 e. The topological polar surface area (TPSA) is 85.3 Å². The van der Waals surface area contributed by atoms with Gasteiger partial charge in [0.2, 0.25) is 0 Å². The summed E-state index contributed by atoms with van der Waals surface area (Å²) in [6.07, 6.45) is 0.554. The molecule has 0 bridgehead atoms. The number of hydrogen-bond acceptors (Lipinski definition) is 6. The largest absolute Gasteiger partial charge is 0.506 e. The van der Waals surface area contributed by atoms with Gasteiger partial charge in [-0.15, -0.1) is 0 Å². The maximum Gasteiger partial charge on any atom is 0.295 e. The first-order valence-corrected chi connectivity index (χ1v) is 11.2. The van der Waals surface area contributed by atoms with Crippen molar-refractivity contribution < 1.29 is 28.9 Å². The Balaban J connectivity index is 2.21. The first-order chi connectivity index (χ1) is 16.1. The number of ether oxygens (including phenoxy) is 3. The molecule has 1 saturated heterocycles. The minimum absolute atomic E-state index is 0.00808. The summed E-state index contributed by atoms with van der Waals surface area (Å²) in [4.78, 5) is 27.8. The van der Waals surface area contributed by atoms with Gasteiger partial charge in [-0.25, -0.2) is 0 Å². The van der Waals surface area contributed by atoms with Crippen LogP contribution >= 0.6 is 0 Å². The highest BCUT2D eigenvalue weighted by Gasteiger charge is 2.46. The first kappa shape index (κ1) is 25.3. The van der Waals surface area contributed by atoms with Gasteiger partial charge in [0.15, 0.2) is 0 Å². The molecule has 2 aromatic carbocycles. The summed E-state index contributed by atoms with van der Waals surface area (Å²) in [5, 5.41) is 11.4. The van der Waals surface area contributed by atoms with Crippen molar-refractivity contribution in [2.45, 2.75) is 38.6 Å². The molecule has 7 nitrogen and oxygen atoms in total. The lowest BCUT2D eigenvalue weighted by molar-refractivity contribution is -0.140. The van der Waals surface area contributed by atoms with E-state index < -0.39 is 17.7 Å².